The summed E-state index contributed by atoms with van der Waals surface area (Å²) in [6.45, 7) is 3.64. The maximum Gasteiger partial charge on any atom is 0.333 e. The van der Waals surface area contributed by atoms with Gasteiger partial charge in [-0.3, -0.25) is 0 Å². The number of carbonyl (C=O) groups is 1. The lowest BCUT2D eigenvalue weighted by Crippen LogP contribution is -2.33. The van der Waals surface area contributed by atoms with Gasteiger partial charge < -0.3 is 4.74 Å². The normalized spacial score (nSPS) is 18.7. The van der Waals surface area contributed by atoms with Gasteiger partial charge in [0, 0.05) is 11.5 Å². The van der Waals surface area contributed by atoms with E-state index >= 15 is 0 Å². The Morgan fingerprint density at radius 2 is 1.38 bits per heavy atom. The molecule has 0 unspecified atom stereocenters. The molecular weight excluding hydrogens is 376 g/mol. The molecule has 1 heterocycles. The van der Waals surface area contributed by atoms with Crippen LogP contribution in [0.4, 0.5) is 0 Å². The fourth-order valence-electron chi connectivity index (χ4n) is 3.14. The Hall–Kier alpha value is -2.45. The van der Waals surface area contributed by atoms with Gasteiger partial charge in [0.05, 0.1) is 16.9 Å². The average molecular weight is 392 g/mol. The highest BCUT2D eigenvalue weighted by Crippen LogP contribution is 2.46. The minimum Gasteiger partial charge on any atom is -0.466 e. The Balaban J connectivity index is 2.29. The minimum absolute atomic E-state index is 0.233. The Morgan fingerprint density at radius 3 is 1.85 bits per heavy atom. The molecule has 2 aromatic carbocycles. The quantitative estimate of drug-likeness (QED) is 0.584. The second-order valence-corrected chi connectivity index (χ2v) is 10.2. The van der Waals surface area contributed by atoms with Crippen molar-refractivity contribution in [2.45, 2.75) is 20.3 Å². The van der Waals surface area contributed by atoms with E-state index in [0.29, 0.717) is 5.56 Å². The van der Waals surface area contributed by atoms with Crippen molar-refractivity contribution in [3.8, 4) is 0 Å². The molecule has 136 valence electrons. The number of ether oxygens (including phenoxy) is 1. The van der Waals surface area contributed by atoms with Gasteiger partial charge in [-0.15, -0.1) is 0 Å². The van der Waals surface area contributed by atoms with E-state index < -0.39 is 36.1 Å². The lowest BCUT2D eigenvalue weighted by molar-refractivity contribution is -0.136. The van der Waals surface area contributed by atoms with Crippen molar-refractivity contribution in [1.29, 1.82) is 0 Å². The first kappa shape index (κ1) is 18.3. The van der Waals surface area contributed by atoms with Gasteiger partial charge in [-0.2, -0.15) is 0 Å². The third-order valence-corrected chi connectivity index (χ3v) is 9.68. The van der Waals surface area contributed by atoms with Gasteiger partial charge >= 0.3 is 5.97 Å². The van der Waals surface area contributed by atoms with Crippen molar-refractivity contribution in [3.05, 3.63) is 72.3 Å². The zero-order valence-electron chi connectivity index (χ0n) is 13.8. The number of hydrogen-bond acceptors (Lipinski definition) is 6. The molecule has 0 saturated carbocycles. The predicted molar refractivity (Wildman–Crippen MR) is 94.9 cm³/mol. The van der Waals surface area contributed by atoms with Gasteiger partial charge in [0.2, 0.25) is 0 Å². The fraction of sp³-hybridized carbons (Fsp3) is 0.167. The van der Waals surface area contributed by atoms with Crippen molar-refractivity contribution < 1.29 is 26.4 Å². The average Bonchev–Trinajstić information content (AvgIpc) is 2.80. The number of hydrogen-bond donors (Lipinski definition) is 0. The molecule has 2 aromatic rings. The summed E-state index contributed by atoms with van der Waals surface area (Å²) in [5.41, 5.74) is 0.122. The lowest BCUT2D eigenvalue weighted by atomic mass is 9.93. The van der Waals surface area contributed by atoms with E-state index in [4.69, 9.17) is 0 Å². The highest BCUT2D eigenvalue weighted by molar-refractivity contribution is 8.11. The van der Waals surface area contributed by atoms with Crippen LogP contribution in [0.5, 0.6) is 0 Å². The molecular formula is C18H16O6S2. The van der Waals surface area contributed by atoms with E-state index in [2.05, 4.69) is 11.3 Å². The molecule has 26 heavy (non-hydrogen) atoms. The SMILES string of the molecule is C=C(C(=O)OC)[C@@H](c1ccccc1)C1S(=O)(=O)c2ccccc2S1(=O)=O. The molecule has 0 radical (unpaired) electrons. The third kappa shape index (κ3) is 2.65. The van der Waals surface area contributed by atoms with Crippen molar-refractivity contribution in [2.24, 2.45) is 0 Å². The molecule has 0 aliphatic carbocycles. The van der Waals surface area contributed by atoms with Crippen LogP contribution in [0, 0.1) is 0 Å². The lowest BCUT2D eigenvalue weighted by Gasteiger charge is -2.23. The number of rotatable bonds is 4. The van der Waals surface area contributed by atoms with E-state index in [1.165, 1.54) is 24.3 Å². The van der Waals surface area contributed by atoms with E-state index in [0.717, 1.165) is 7.11 Å². The Bertz CT molecular complexity index is 1030. The maximum absolute atomic E-state index is 13.1. The minimum atomic E-state index is -4.24. The van der Waals surface area contributed by atoms with Crippen molar-refractivity contribution in [2.75, 3.05) is 7.11 Å². The largest absolute Gasteiger partial charge is 0.466 e. The molecule has 0 saturated heterocycles. The van der Waals surface area contributed by atoms with Crippen molar-refractivity contribution in [1.82, 2.24) is 0 Å². The third-order valence-electron chi connectivity index (χ3n) is 4.33. The number of fused-ring (bicyclic) bond motifs is 1. The molecule has 0 aromatic heterocycles. The molecule has 0 fully saturated rings. The Morgan fingerprint density at radius 1 is 0.923 bits per heavy atom. The summed E-state index contributed by atoms with van der Waals surface area (Å²) >= 11 is 0. The number of methoxy groups -OCH3 is 1. The van der Waals surface area contributed by atoms with E-state index in [9.17, 15) is 21.6 Å². The second-order valence-electron chi connectivity index (χ2n) is 5.81. The van der Waals surface area contributed by atoms with Gasteiger partial charge in [-0.1, -0.05) is 49.0 Å². The number of esters is 1. The molecule has 1 aliphatic heterocycles. The monoisotopic (exact) mass is 392 g/mol. The first-order valence-electron chi connectivity index (χ1n) is 7.62. The Labute approximate surface area is 152 Å². The van der Waals surface area contributed by atoms with Crippen LogP contribution >= 0.6 is 0 Å². The standard InChI is InChI=1S/C18H16O6S2/c1-12(17(19)24-2)16(13-8-4-3-5-9-13)18-25(20,21)14-10-6-7-11-15(14)26(18,22)23/h3-11,16,18H,1H2,2H3/t16-/m0/s1. The molecule has 3 rings (SSSR count). The molecule has 1 aliphatic rings. The summed E-state index contributed by atoms with van der Waals surface area (Å²) in [6, 6.07) is 13.5. The molecule has 0 spiro atoms. The summed E-state index contributed by atoms with van der Waals surface area (Å²) < 4.78 is 55.0. The molecule has 8 heteroatoms. The molecule has 1 atom stereocenters. The van der Waals surface area contributed by atoms with Crippen LogP contribution in [0.25, 0.3) is 0 Å². The zero-order valence-corrected chi connectivity index (χ0v) is 15.5. The summed E-state index contributed by atoms with van der Waals surface area (Å²) in [6.07, 6.45) is 0. The molecule has 6 nitrogen and oxygen atoms in total. The zero-order chi connectivity index (χ0) is 19.1. The van der Waals surface area contributed by atoms with Gasteiger partial charge in [-0.25, -0.2) is 21.6 Å². The van der Waals surface area contributed by atoms with E-state index in [1.54, 1.807) is 30.3 Å². The number of sulfone groups is 2. The summed E-state index contributed by atoms with van der Waals surface area (Å²) in [7, 11) is -7.36. The first-order chi connectivity index (χ1) is 12.2. The van der Waals surface area contributed by atoms with Gasteiger partial charge in [0.15, 0.2) is 24.3 Å². The Kier molecular flexibility index (Phi) is 4.49. The highest BCUT2D eigenvalue weighted by atomic mass is 32.3. The van der Waals surface area contributed by atoms with Crippen LogP contribution in [-0.2, 0) is 29.2 Å². The first-order valence-corrected chi connectivity index (χ1v) is 10.7. The van der Waals surface area contributed by atoms with Crippen LogP contribution in [0.15, 0.2) is 76.5 Å². The van der Waals surface area contributed by atoms with Crippen LogP contribution in [0.1, 0.15) is 11.5 Å². The van der Waals surface area contributed by atoms with Crippen LogP contribution in [0.3, 0.4) is 0 Å². The smallest absolute Gasteiger partial charge is 0.333 e. The summed E-state index contributed by atoms with van der Waals surface area (Å²) in [4.78, 5) is 11.5. The molecule has 0 amide bonds. The topological polar surface area (TPSA) is 94.6 Å². The molecule has 0 N–H and O–H groups in total. The van der Waals surface area contributed by atoms with Gasteiger partial charge in [0.1, 0.15) is 0 Å². The van der Waals surface area contributed by atoms with Gasteiger partial charge in [0.25, 0.3) is 0 Å². The predicted octanol–water partition coefficient (Wildman–Crippen LogP) is 2.09. The fourth-order valence-corrected chi connectivity index (χ4v) is 8.88. The second kappa shape index (κ2) is 6.37. The van der Waals surface area contributed by atoms with Gasteiger partial charge in [-0.05, 0) is 17.7 Å². The summed E-state index contributed by atoms with van der Waals surface area (Å²) in [5, 5.41) is 0. The highest BCUT2D eigenvalue weighted by Gasteiger charge is 2.55. The van der Waals surface area contributed by atoms with E-state index in [1.807, 2.05) is 0 Å². The maximum atomic E-state index is 13.1. The summed E-state index contributed by atoms with van der Waals surface area (Å²) in [5.74, 6) is -2.15. The van der Waals surface area contributed by atoms with Crippen LogP contribution < -0.4 is 0 Å². The van der Waals surface area contributed by atoms with Crippen LogP contribution in [-0.4, -0.2) is 34.5 Å². The molecule has 0 bridgehead atoms. The number of carbonyl (C=O) groups excluding carboxylic acids is 1. The van der Waals surface area contributed by atoms with Crippen molar-refractivity contribution >= 4 is 25.6 Å². The van der Waals surface area contributed by atoms with Crippen LogP contribution in [0.2, 0.25) is 0 Å². The number of benzene rings is 2. The van der Waals surface area contributed by atoms with Crippen molar-refractivity contribution in [3.63, 3.8) is 0 Å². The van der Waals surface area contributed by atoms with E-state index in [-0.39, 0.29) is 15.4 Å².